The molecule has 2 unspecified atom stereocenters. The third kappa shape index (κ3) is 5.55. The molecule has 1 aromatic heterocycles. The van der Waals surface area contributed by atoms with Crippen molar-refractivity contribution < 1.29 is 23.7 Å². The van der Waals surface area contributed by atoms with E-state index in [0.717, 1.165) is 39.9 Å². The topological polar surface area (TPSA) is 73.0 Å². The number of nitrogens with zero attached hydrogens (tertiary/aromatic N) is 1. The largest absolute Gasteiger partial charge is 0.493 e. The quantitative estimate of drug-likeness (QED) is 0.270. The second-order valence-corrected chi connectivity index (χ2v) is 11.3. The van der Waals surface area contributed by atoms with Gasteiger partial charge in [0.15, 0.2) is 5.79 Å². The van der Waals surface area contributed by atoms with E-state index in [4.69, 9.17) is 30.5 Å². The van der Waals surface area contributed by atoms with E-state index in [2.05, 4.69) is 4.98 Å². The number of nitrogens with one attached hydrogen (secondary N) is 1. The summed E-state index contributed by atoms with van der Waals surface area (Å²) in [7, 11) is 0. The van der Waals surface area contributed by atoms with Gasteiger partial charge in [0.25, 0.3) is 0 Å². The van der Waals surface area contributed by atoms with E-state index >= 15 is 0 Å². The van der Waals surface area contributed by atoms with Crippen LogP contribution in [0.4, 0.5) is 4.79 Å². The number of carbonyl (C=O) groups is 1. The van der Waals surface area contributed by atoms with Crippen molar-refractivity contribution in [1.82, 2.24) is 9.88 Å². The van der Waals surface area contributed by atoms with E-state index in [1.165, 1.54) is 5.56 Å². The van der Waals surface area contributed by atoms with Crippen LogP contribution in [-0.2, 0) is 15.9 Å². The molecule has 40 heavy (non-hydrogen) atoms. The number of hydrogen-bond donors (Lipinski definition) is 1. The molecule has 0 saturated carbocycles. The Balaban J connectivity index is 1.25. The van der Waals surface area contributed by atoms with Gasteiger partial charge in [0.1, 0.15) is 17.5 Å². The molecule has 3 heterocycles. The summed E-state index contributed by atoms with van der Waals surface area (Å²) in [6.45, 7) is 7.45. The summed E-state index contributed by atoms with van der Waals surface area (Å²) in [4.78, 5) is 18.9. The molecule has 4 aromatic rings. The maximum absolute atomic E-state index is 13.5. The molecule has 3 aromatic carbocycles. The van der Waals surface area contributed by atoms with E-state index < -0.39 is 11.9 Å². The van der Waals surface area contributed by atoms with Gasteiger partial charge in [-0.3, -0.25) is 4.90 Å². The highest BCUT2D eigenvalue weighted by molar-refractivity contribution is 6.31. The highest BCUT2D eigenvalue weighted by atomic mass is 35.5. The number of fused-ring (bicyclic) bond motifs is 3. The van der Waals surface area contributed by atoms with Crippen molar-refractivity contribution in [2.75, 3.05) is 19.8 Å². The zero-order valence-electron chi connectivity index (χ0n) is 22.9. The number of aromatic amines is 1. The van der Waals surface area contributed by atoms with Crippen LogP contribution in [0.2, 0.25) is 5.02 Å². The van der Waals surface area contributed by atoms with Crippen LogP contribution >= 0.6 is 11.6 Å². The van der Waals surface area contributed by atoms with Crippen LogP contribution in [0, 0.1) is 6.92 Å². The molecule has 1 amide bonds. The lowest BCUT2D eigenvalue weighted by Crippen LogP contribution is -2.42. The van der Waals surface area contributed by atoms with Crippen LogP contribution in [-0.4, -0.2) is 47.6 Å². The second kappa shape index (κ2) is 10.8. The Labute approximate surface area is 238 Å². The number of halogens is 1. The van der Waals surface area contributed by atoms with Crippen molar-refractivity contribution in [3.05, 3.63) is 94.1 Å². The van der Waals surface area contributed by atoms with Crippen LogP contribution in [0.25, 0.3) is 10.9 Å². The van der Waals surface area contributed by atoms with Crippen molar-refractivity contribution in [1.29, 1.82) is 0 Å². The fourth-order valence-corrected chi connectivity index (χ4v) is 5.70. The van der Waals surface area contributed by atoms with Crippen LogP contribution in [0.1, 0.15) is 48.7 Å². The standard InChI is InChI=1S/C32H33ClN2O5/c1-20-4-9-24(10-5-20)39-31(36)35-16-14-26-27-18-22(33)8-13-28(27)34-29(26)30(35)21-6-11-23(12-7-21)37-17-15-25-19-38-32(2,3)40-25/h4-13,18,25,30,34H,14-17,19H2,1-3H3. The van der Waals surface area contributed by atoms with E-state index in [9.17, 15) is 4.79 Å². The Morgan fingerprint density at radius 3 is 2.55 bits per heavy atom. The average Bonchev–Trinajstić information content (AvgIpc) is 3.48. The van der Waals surface area contributed by atoms with Crippen molar-refractivity contribution in [3.63, 3.8) is 0 Å². The Kier molecular flexibility index (Phi) is 7.21. The summed E-state index contributed by atoms with van der Waals surface area (Å²) in [5.41, 5.74) is 5.20. The first-order valence-corrected chi connectivity index (χ1v) is 14.0. The van der Waals surface area contributed by atoms with Crippen LogP contribution in [0.15, 0.2) is 66.7 Å². The van der Waals surface area contributed by atoms with E-state index in [0.29, 0.717) is 37.0 Å². The van der Waals surface area contributed by atoms with Gasteiger partial charge in [-0.15, -0.1) is 0 Å². The molecule has 2 atom stereocenters. The van der Waals surface area contributed by atoms with Crippen molar-refractivity contribution in [2.45, 2.75) is 51.5 Å². The molecule has 7 nitrogen and oxygen atoms in total. The third-order valence-electron chi connectivity index (χ3n) is 7.52. The van der Waals surface area contributed by atoms with Gasteiger partial charge in [0, 0.05) is 34.6 Å². The first-order valence-electron chi connectivity index (χ1n) is 13.7. The first-order chi connectivity index (χ1) is 19.3. The van der Waals surface area contributed by atoms with Crippen LogP contribution in [0.3, 0.4) is 0 Å². The fraction of sp³-hybridized carbons (Fsp3) is 0.344. The lowest BCUT2D eigenvalue weighted by molar-refractivity contribution is -0.139. The minimum atomic E-state index is -0.536. The minimum Gasteiger partial charge on any atom is -0.493 e. The molecule has 0 spiro atoms. The van der Waals surface area contributed by atoms with E-state index in [1.54, 1.807) is 4.90 Å². The molecule has 208 valence electrons. The summed E-state index contributed by atoms with van der Waals surface area (Å²) < 4.78 is 23.3. The Morgan fingerprint density at radius 1 is 1.07 bits per heavy atom. The predicted octanol–water partition coefficient (Wildman–Crippen LogP) is 7.20. The van der Waals surface area contributed by atoms with Gasteiger partial charge in [-0.2, -0.15) is 0 Å². The van der Waals surface area contributed by atoms with Gasteiger partial charge in [-0.05, 0) is 80.8 Å². The zero-order chi connectivity index (χ0) is 27.9. The number of aromatic nitrogens is 1. The number of carbonyl (C=O) groups excluding carboxylic acids is 1. The molecule has 2 aliphatic heterocycles. The monoisotopic (exact) mass is 560 g/mol. The third-order valence-corrected chi connectivity index (χ3v) is 7.76. The summed E-state index contributed by atoms with van der Waals surface area (Å²) in [6, 6.07) is 20.9. The lowest BCUT2D eigenvalue weighted by atomic mass is 9.92. The van der Waals surface area contributed by atoms with Gasteiger partial charge < -0.3 is 23.9 Å². The van der Waals surface area contributed by atoms with Crippen molar-refractivity contribution in [2.24, 2.45) is 0 Å². The number of aryl methyl sites for hydroxylation is 1. The van der Waals surface area contributed by atoms with E-state index in [-0.39, 0.29) is 12.1 Å². The van der Waals surface area contributed by atoms with Crippen molar-refractivity contribution >= 4 is 28.6 Å². The number of H-pyrrole nitrogens is 1. The Morgan fingerprint density at radius 2 is 1.82 bits per heavy atom. The SMILES string of the molecule is Cc1ccc(OC(=O)N2CCc3c([nH]c4ccc(Cl)cc34)C2c2ccc(OCCC3COC(C)(C)O3)cc2)cc1. The Bertz CT molecular complexity index is 1510. The molecule has 8 heteroatoms. The molecule has 0 radical (unpaired) electrons. The molecule has 6 rings (SSSR count). The summed E-state index contributed by atoms with van der Waals surface area (Å²) >= 11 is 6.34. The van der Waals surface area contributed by atoms with Gasteiger partial charge >= 0.3 is 6.09 Å². The first kappa shape index (κ1) is 26.7. The molecule has 1 saturated heterocycles. The number of ether oxygens (including phenoxy) is 4. The lowest BCUT2D eigenvalue weighted by Gasteiger charge is -2.35. The van der Waals surface area contributed by atoms with Crippen molar-refractivity contribution in [3.8, 4) is 11.5 Å². The predicted molar refractivity (Wildman–Crippen MR) is 154 cm³/mol. The molecule has 1 fully saturated rings. The van der Waals surface area contributed by atoms with Crippen LogP contribution < -0.4 is 9.47 Å². The maximum Gasteiger partial charge on any atom is 0.416 e. The van der Waals surface area contributed by atoms with Crippen LogP contribution in [0.5, 0.6) is 11.5 Å². The summed E-state index contributed by atoms with van der Waals surface area (Å²) in [6.07, 6.45) is 1.07. The summed E-state index contributed by atoms with van der Waals surface area (Å²) in [5.74, 6) is 0.744. The van der Waals surface area contributed by atoms with Gasteiger partial charge in [-0.25, -0.2) is 4.79 Å². The maximum atomic E-state index is 13.5. The smallest absolute Gasteiger partial charge is 0.416 e. The summed E-state index contributed by atoms with van der Waals surface area (Å²) in [5, 5.41) is 1.77. The van der Waals surface area contributed by atoms with Gasteiger partial charge in [-0.1, -0.05) is 41.4 Å². The minimum absolute atomic E-state index is 0.0264. The average molecular weight is 561 g/mol. The fourth-order valence-electron chi connectivity index (χ4n) is 5.53. The number of hydrogen-bond acceptors (Lipinski definition) is 5. The molecular weight excluding hydrogens is 528 g/mol. The van der Waals surface area contributed by atoms with E-state index in [1.807, 2.05) is 87.5 Å². The van der Waals surface area contributed by atoms with Gasteiger partial charge in [0.05, 0.1) is 19.3 Å². The molecule has 2 aliphatic rings. The highest BCUT2D eigenvalue weighted by Crippen LogP contribution is 2.40. The Hall–Kier alpha value is -3.52. The second-order valence-electron chi connectivity index (χ2n) is 10.9. The number of amides is 1. The number of rotatable bonds is 6. The zero-order valence-corrected chi connectivity index (χ0v) is 23.7. The molecule has 0 aliphatic carbocycles. The van der Waals surface area contributed by atoms with Gasteiger partial charge in [0.2, 0.25) is 0 Å². The normalized spacial score (nSPS) is 19.9. The molecule has 1 N–H and O–H groups in total. The number of benzene rings is 3. The molecule has 0 bridgehead atoms. The highest BCUT2D eigenvalue weighted by Gasteiger charge is 2.36. The molecular formula is C32H33ClN2O5.